The number of rotatable bonds is 4. The van der Waals surface area contributed by atoms with Crippen molar-refractivity contribution in [1.82, 2.24) is 5.32 Å². The van der Waals surface area contributed by atoms with Crippen LogP contribution >= 0.6 is 0 Å². The first-order valence-electron chi connectivity index (χ1n) is 24.5. The van der Waals surface area contributed by atoms with Crippen molar-refractivity contribution in [1.29, 1.82) is 0 Å². The van der Waals surface area contributed by atoms with Crippen LogP contribution in [0.25, 0.3) is 11.1 Å². The molecular formula is C55H67N3O7. The lowest BCUT2D eigenvalue weighted by Gasteiger charge is -2.50. The van der Waals surface area contributed by atoms with Crippen LogP contribution in [0, 0.1) is 52.9 Å². The molecule has 0 radical (unpaired) electrons. The number of hydrogen-bond donors (Lipinski definition) is 5. The highest BCUT2D eigenvalue weighted by atomic mass is 16.5. The number of aromatic hydroxyl groups is 1. The molecule has 1 fully saturated rings. The predicted molar refractivity (Wildman–Crippen MR) is 253 cm³/mol. The molecule has 0 saturated heterocycles. The van der Waals surface area contributed by atoms with E-state index in [-0.39, 0.29) is 41.1 Å². The van der Waals surface area contributed by atoms with E-state index in [9.17, 15) is 15.3 Å². The summed E-state index contributed by atoms with van der Waals surface area (Å²) in [6.07, 6.45) is 20.0. The third-order valence-corrected chi connectivity index (χ3v) is 16.1. The Balaban J connectivity index is 1.09. The van der Waals surface area contributed by atoms with Crippen LogP contribution in [-0.2, 0) is 19.3 Å². The number of fused-ring (bicyclic) bond motifs is 2. The van der Waals surface area contributed by atoms with Crippen LogP contribution in [-0.4, -0.2) is 59.8 Å². The van der Waals surface area contributed by atoms with Gasteiger partial charge in [-0.1, -0.05) is 69.9 Å². The molecule has 0 aromatic heterocycles. The summed E-state index contributed by atoms with van der Waals surface area (Å²) in [5.41, 5.74) is 13.3. The van der Waals surface area contributed by atoms with E-state index in [0.717, 1.165) is 96.2 Å². The Morgan fingerprint density at radius 1 is 0.969 bits per heavy atom. The van der Waals surface area contributed by atoms with Crippen molar-refractivity contribution >= 4 is 5.96 Å². The molecule has 10 nitrogen and oxygen atoms in total. The Morgan fingerprint density at radius 3 is 2.66 bits per heavy atom. The van der Waals surface area contributed by atoms with E-state index in [4.69, 9.17) is 29.7 Å². The minimum atomic E-state index is -0.854. The molecule has 12 bridgehead atoms. The van der Waals surface area contributed by atoms with E-state index in [1.807, 2.05) is 30.3 Å². The molecule has 0 unspecified atom stereocenters. The second-order valence-electron chi connectivity index (χ2n) is 20.6. The molecule has 5 heterocycles. The average molecular weight is 882 g/mol. The van der Waals surface area contributed by atoms with Gasteiger partial charge in [-0.25, -0.2) is 0 Å². The fraction of sp³-hybridized carbons (Fsp3) is 0.545. The quantitative estimate of drug-likeness (QED) is 0.128. The van der Waals surface area contributed by atoms with Crippen LogP contribution in [0.2, 0.25) is 0 Å². The summed E-state index contributed by atoms with van der Waals surface area (Å²) in [5.74, 6) is 8.26. The molecular weight excluding hydrogens is 815 g/mol. The molecule has 3 aromatic rings. The first-order chi connectivity index (χ1) is 31.5. The molecule has 3 aromatic carbocycles. The minimum absolute atomic E-state index is 0.0455. The van der Waals surface area contributed by atoms with Crippen molar-refractivity contribution in [3.05, 3.63) is 88.5 Å². The zero-order chi connectivity index (χ0) is 45.0. The van der Waals surface area contributed by atoms with Gasteiger partial charge in [-0.3, -0.25) is 4.99 Å². The number of nitrogens with two attached hydrogens (primary N) is 1. The lowest BCUT2D eigenvalue weighted by molar-refractivity contribution is -0.0281. The van der Waals surface area contributed by atoms with Crippen LogP contribution in [0.5, 0.6) is 28.7 Å². The molecule has 10 heteroatoms. The number of aliphatic imine (C=N–C) groups is 1. The van der Waals surface area contributed by atoms with Gasteiger partial charge < -0.3 is 45.3 Å². The average Bonchev–Trinajstić information content (AvgIpc) is 3.37. The third-order valence-electron chi connectivity index (χ3n) is 16.1. The van der Waals surface area contributed by atoms with Crippen molar-refractivity contribution in [2.75, 3.05) is 20.2 Å². The van der Waals surface area contributed by atoms with Gasteiger partial charge in [0.1, 0.15) is 35.6 Å². The van der Waals surface area contributed by atoms with Crippen molar-refractivity contribution in [2.45, 2.75) is 128 Å². The molecule has 6 N–H and O–H groups in total. The van der Waals surface area contributed by atoms with Crippen LogP contribution in [0.4, 0.5) is 0 Å². The minimum Gasteiger partial charge on any atom is -0.508 e. The Kier molecular flexibility index (Phi) is 12.1. The first kappa shape index (κ1) is 43.8. The summed E-state index contributed by atoms with van der Waals surface area (Å²) in [6, 6.07) is 12.0. The van der Waals surface area contributed by atoms with Crippen molar-refractivity contribution in [3.63, 3.8) is 0 Å². The zero-order valence-electron chi connectivity index (χ0n) is 38.5. The van der Waals surface area contributed by atoms with Crippen molar-refractivity contribution in [3.8, 4) is 51.9 Å². The van der Waals surface area contributed by atoms with E-state index in [1.165, 1.54) is 5.56 Å². The van der Waals surface area contributed by atoms with Gasteiger partial charge >= 0.3 is 0 Å². The smallest absolute Gasteiger partial charge is 0.188 e. The third kappa shape index (κ3) is 8.26. The number of aliphatic hydroxyl groups is 2. The zero-order valence-corrected chi connectivity index (χ0v) is 38.5. The Morgan fingerprint density at radius 2 is 1.83 bits per heavy atom. The fourth-order valence-corrected chi connectivity index (χ4v) is 12.8. The van der Waals surface area contributed by atoms with Gasteiger partial charge in [-0.2, -0.15) is 0 Å². The number of allylic oxidation sites excluding steroid dienone is 2. The lowest BCUT2D eigenvalue weighted by atomic mass is 9.59. The van der Waals surface area contributed by atoms with E-state index >= 15 is 0 Å². The van der Waals surface area contributed by atoms with Crippen LogP contribution in [0.3, 0.4) is 0 Å². The molecule has 65 heavy (non-hydrogen) atoms. The monoisotopic (exact) mass is 881 g/mol. The summed E-state index contributed by atoms with van der Waals surface area (Å²) in [6.45, 7) is 7.81. The maximum atomic E-state index is 12.4. The number of ether oxygens (including phenoxy) is 4. The Labute approximate surface area is 384 Å². The molecule has 344 valence electrons. The summed E-state index contributed by atoms with van der Waals surface area (Å²) >= 11 is 0. The molecule has 5 aliphatic heterocycles. The van der Waals surface area contributed by atoms with Gasteiger partial charge in [0.05, 0.1) is 19.3 Å². The first-order valence-corrected chi connectivity index (χ1v) is 24.5. The number of methoxy groups -OCH3 is 1. The number of nitrogens with one attached hydrogen (secondary N) is 1. The second kappa shape index (κ2) is 17.9. The molecule has 0 spiro atoms. The SMILES string of the molecule is CC[C@@H]1C[C@H]2C=C[C@@H]1C[C@@H](O)CCCNC(N)=NC[C@@H]1C=C[C@]34CC#COc5ccc(cc5O[C@H]3[C@H]1CCC4)[C@@H]1Oc3cc(OC)c4c(c3C[C@H]1O)[C@@H]2Cc1cc(O)c(CC(C)C)cc1-4. The molecule has 4 aliphatic carbocycles. The number of nitrogens with zero attached hydrogens (tertiary/aromatic N) is 1. The van der Waals surface area contributed by atoms with Crippen LogP contribution in [0.15, 0.2) is 65.7 Å². The van der Waals surface area contributed by atoms with Crippen molar-refractivity contribution in [2.24, 2.45) is 51.6 Å². The van der Waals surface area contributed by atoms with Crippen LogP contribution < -0.4 is 30.0 Å². The highest BCUT2D eigenvalue weighted by molar-refractivity contribution is 5.84. The number of benzene rings is 3. The van der Waals surface area contributed by atoms with Crippen LogP contribution in [0.1, 0.15) is 118 Å². The second-order valence-corrected chi connectivity index (χ2v) is 20.6. The van der Waals surface area contributed by atoms with E-state index < -0.39 is 18.3 Å². The van der Waals surface area contributed by atoms with Gasteiger partial charge in [0.2, 0.25) is 0 Å². The maximum absolute atomic E-state index is 12.4. The summed E-state index contributed by atoms with van der Waals surface area (Å²) < 4.78 is 26.6. The number of aliphatic hydroxyl groups excluding tert-OH is 2. The van der Waals surface area contributed by atoms with Gasteiger partial charge in [0.15, 0.2) is 17.5 Å². The van der Waals surface area contributed by atoms with E-state index in [1.54, 1.807) is 7.11 Å². The molecule has 11 atom stereocenters. The van der Waals surface area contributed by atoms with E-state index in [2.05, 4.69) is 68.5 Å². The largest absolute Gasteiger partial charge is 0.508 e. The summed E-state index contributed by atoms with van der Waals surface area (Å²) in [7, 11) is 1.73. The Bertz CT molecular complexity index is 2450. The highest BCUT2D eigenvalue weighted by Gasteiger charge is 2.51. The topological polar surface area (TPSA) is 148 Å². The van der Waals surface area contributed by atoms with Crippen molar-refractivity contribution < 1.29 is 34.3 Å². The Hall–Kier alpha value is -5.11. The summed E-state index contributed by atoms with van der Waals surface area (Å²) in [5, 5.41) is 38.5. The predicted octanol–water partition coefficient (Wildman–Crippen LogP) is 9.07. The molecule has 9 aliphatic rings. The van der Waals surface area contributed by atoms with Gasteiger partial charge in [-0.05, 0) is 133 Å². The van der Waals surface area contributed by atoms with Gasteiger partial charge in [0, 0.05) is 60.4 Å². The summed E-state index contributed by atoms with van der Waals surface area (Å²) in [4.78, 5) is 4.83. The van der Waals surface area contributed by atoms with Gasteiger partial charge in [0.25, 0.3) is 0 Å². The number of guanidine groups is 1. The highest BCUT2D eigenvalue weighted by Crippen LogP contribution is 2.57. The molecule has 12 rings (SSSR count). The molecule has 0 amide bonds. The standard InChI is InChI=1S/C55H67N3O7/c1-5-32-22-34-12-11-33(32)23-39(59)9-7-19-57-54(56)58-30-36-15-18-55-16-6-10-40(36)53(55)65-48-27-35(13-14-46(48)63-20-8-17-55)52-45(61)28-43-47(64-52)29-49(62-4)51-42-25-38(21-31(2)3)44(60)26-37(42)24-41(34)50(43)51/h11-15,18,25-27,29,31-34,36,39-41,45,52-53,59-61H,5-7,9-10,16-17,19,21-24,28,30H2,1-4H3,(H3,56,57,58)/t32-,33-,34-,36+,39+,40+,41-,45-,52+,53+,55+/m1/s1. The van der Waals surface area contributed by atoms with Gasteiger partial charge in [-0.15, -0.1) is 0 Å². The number of phenols is 1. The maximum Gasteiger partial charge on any atom is 0.188 e. The number of phenolic OH excluding ortho intramolecular Hbond substituents is 1. The fourth-order valence-electron chi connectivity index (χ4n) is 12.8. The molecule has 1 saturated carbocycles. The van der Waals surface area contributed by atoms with E-state index in [0.29, 0.717) is 73.8 Å². The normalized spacial score (nSPS) is 32.3. The number of hydrogen-bond acceptors (Lipinski definition) is 10. The lowest BCUT2D eigenvalue weighted by Crippen LogP contribution is -2.51.